The zero-order chi connectivity index (χ0) is 14.3. The van der Waals surface area contributed by atoms with Gasteiger partial charge < -0.3 is 0 Å². The van der Waals surface area contributed by atoms with Crippen LogP contribution in [0.5, 0.6) is 0 Å². The first-order valence-electron chi connectivity index (χ1n) is 7.09. The molecule has 1 aromatic rings. The Morgan fingerprint density at radius 3 is 2.26 bits per heavy atom. The van der Waals surface area contributed by atoms with Gasteiger partial charge in [-0.25, -0.2) is 0 Å². The summed E-state index contributed by atoms with van der Waals surface area (Å²) in [6, 6.07) is 5.20. The molecule has 0 spiro atoms. The first kappa shape index (κ1) is 16.2. The van der Waals surface area contributed by atoms with E-state index < -0.39 is 10.1 Å². The van der Waals surface area contributed by atoms with E-state index in [2.05, 4.69) is 13.8 Å². The van der Waals surface area contributed by atoms with Crippen molar-refractivity contribution in [3.8, 4) is 0 Å². The number of rotatable bonds is 8. The van der Waals surface area contributed by atoms with E-state index >= 15 is 0 Å². The van der Waals surface area contributed by atoms with Crippen molar-refractivity contribution in [2.24, 2.45) is 0 Å². The van der Waals surface area contributed by atoms with Gasteiger partial charge in [-0.05, 0) is 42.9 Å². The maximum atomic E-state index is 11.5. The fourth-order valence-corrected chi connectivity index (χ4v) is 3.08. The smallest absolute Gasteiger partial charge is 0.282 e. The molecule has 0 aliphatic carbocycles. The molecule has 0 amide bonds. The standard InChI is InChI=1S/C15H24O3S/c1-3-5-7-11-14-13(9-6-4-2)10-8-12-15(14)19(16,17)18/h8,10,12H,3-7,9,11H2,1-2H3,(H,16,17,18). The summed E-state index contributed by atoms with van der Waals surface area (Å²) in [6.45, 7) is 4.23. The van der Waals surface area contributed by atoms with Gasteiger partial charge in [0.2, 0.25) is 0 Å². The molecular weight excluding hydrogens is 260 g/mol. The van der Waals surface area contributed by atoms with Crippen LogP contribution in [0.1, 0.15) is 57.1 Å². The molecule has 3 nitrogen and oxygen atoms in total. The van der Waals surface area contributed by atoms with E-state index in [0.717, 1.165) is 56.1 Å². The highest BCUT2D eigenvalue weighted by Gasteiger charge is 2.17. The van der Waals surface area contributed by atoms with E-state index in [4.69, 9.17) is 0 Å². The predicted octanol–water partition coefficient (Wildman–Crippen LogP) is 4.01. The summed E-state index contributed by atoms with van der Waals surface area (Å²) in [5.41, 5.74) is 1.87. The minimum atomic E-state index is -4.12. The third-order valence-corrected chi connectivity index (χ3v) is 4.28. The van der Waals surface area contributed by atoms with E-state index in [1.54, 1.807) is 6.07 Å². The predicted molar refractivity (Wildman–Crippen MR) is 78.1 cm³/mol. The summed E-state index contributed by atoms with van der Waals surface area (Å²) in [5.74, 6) is 0. The molecule has 1 rings (SSSR count). The molecule has 0 aromatic heterocycles. The van der Waals surface area contributed by atoms with Crippen molar-refractivity contribution >= 4 is 10.1 Å². The van der Waals surface area contributed by atoms with Crippen molar-refractivity contribution in [3.05, 3.63) is 29.3 Å². The van der Waals surface area contributed by atoms with E-state index in [-0.39, 0.29) is 4.90 Å². The lowest BCUT2D eigenvalue weighted by atomic mass is 9.97. The molecule has 0 saturated carbocycles. The molecule has 1 aromatic carbocycles. The Balaban J connectivity index is 3.09. The average Bonchev–Trinajstić information content (AvgIpc) is 2.36. The second-order valence-electron chi connectivity index (χ2n) is 4.93. The lowest BCUT2D eigenvalue weighted by Crippen LogP contribution is -2.07. The molecule has 0 unspecified atom stereocenters. The van der Waals surface area contributed by atoms with Crippen LogP contribution in [-0.4, -0.2) is 13.0 Å². The summed E-state index contributed by atoms with van der Waals surface area (Å²) in [7, 11) is -4.12. The van der Waals surface area contributed by atoms with Gasteiger partial charge in [0.15, 0.2) is 0 Å². The Hall–Kier alpha value is -0.870. The zero-order valence-electron chi connectivity index (χ0n) is 11.9. The molecule has 108 valence electrons. The Kier molecular flexibility index (Phi) is 6.52. The second kappa shape index (κ2) is 7.65. The summed E-state index contributed by atoms with van der Waals surface area (Å²) >= 11 is 0. The fourth-order valence-electron chi connectivity index (χ4n) is 2.29. The minimum absolute atomic E-state index is 0.0946. The monoisotopic (exact) mass is 284 g/mol. The van der Waals surface area contributed by atoms with E-state index in [9.17, 15) is 13.0 Å². The molecule has 0 saturated heterocycles. The van der Waals surface area contributed by atoms with Gasteiger partial charge in [0.1, 0.15) is 0 Å². The molecule has 0 radical (unpaired) electrons. The second-order valence-corrected chi connectivity index (χ2v) is 6.32. The number of hydrogen-bond donors (Lipinski definition) is 1. The van der Waals surface area contributed by atoms with Gasteiger partial charge in [-0.3, -0.25) is 4.55 Å². The van der Waals surface area contributed by atoms with Gasteiger partial charge in [0, 0.05) is 0 Å². The minimum Gasteiger partial charge on any atom is -0.282 e. The van der Waals surface area contributed by atoms with Gasteiger partial charge in [0.25, 0.3) is 10.1 Å². The van der Waals surface area contributed by atoms with Crippen molar-refractivity contribution in [2.45, 2.75) is 63.7 Å². The zero-order valence-corrected chi connectivity index (χ0v) is 12.7. The lowest BCUT2D eigenvalue weighted by molar-refractivity contribution is 0.481. The normalized spacial score (nSPS) is 11.7. The average molecular weight is 284 g/mol. The highest BCUT2D eigenvalue weighted by atomic mass is 32.2. The van der Waals surface area contributed by atoms with Crippen molar-refractivity contribution in [2.75, 3.05) is 0 Å². The van der Waals surface area contributed by atoms with E-state index in [0.29, 0.717) is 0 Å². The van der Waals surface area contributed by atoms with Crippen LogP contribution in [0.3, 0.4) is 0 Å². The Morgan fingerprint density at radius 2 is 1.68 bits per heavy atom. The Bertz CT molecular complexity index is 492. The summed E-state index contributed by atoms with van der Waals surface area (Å²) in [6.07, 6.45) is 6.85. The Morgan fingerprint density at radius 1 is 1.00 bits per heavy atom. The summed E-state index contributed by atoms with van der Waals surface area (Å²) in [4.78, 5) is 0.0946. The van der Waals surface area contributed by atoms with Crippen LogP contribution < -0.4 is 0 Å². The number of aryl methyl sites for hydroxylation is 1. The maximum absolute atomic E-state index is 11.5. The van der Waals surface area contributed by atoms with E-state index in [1.807, 2.05) is 6.07 Å². The van der Waals surface area contributed by atoms with Gasteiger partial charge in [-0.1, -0.05) is 45.2 Å². The molecule has 0 aliphatic rings. The summed E-state index contributed by atoms with van der Waals surface area (Å²) in [5, 5.41) is 0. The highest BCUT2D eigenvalue weighted by molar-refractivity contribution is 7.85. The van der Waals surface area contributed by atoms with Crippen LogP contribution in [0, 0.1) is 0 Å². The molecule has 0 fully saturated rings. The van der Waals surface area contributed by atoms with Crippen LogP contribution in [0.2, 0.25) is 0 Å². The van der Waals surface area contributed by atoms with Crippen molar-refractivity contribution in [1.29, 1.82) is 0 Å². The van der Waals surface area contributed by atoms with Crippen LogP contribution in [0.4, 0.5) is 0 Å². The van der Waals surface area contributed by atoms with Gasteiger partial charge in [-0.2, -0.15) is 8.42 Å². The third-order valence-electron chi connectivity index (χ3n) is 3.34. The SMILES string of the molecule is CCCCCc1c(CCCC)cccc1S(=O)(=O)O. The van der Waals surface area contributed by atoms with Crippen molar-refractivity contribution in [3.63, 3.8) is 0 Å². The molecule has 19 heavy (non-hydrogen) atoms. The fraction of sp³-hybridized carbons (Fsp3) is 0.600. The molecule has 0 heterocycles. The highest BCUT2D eigenvalue weighted by Crippen LogP contribution is 2.23. The lowest BCUT2D eigenvalue weighted by Gasteiger charge is -2.13. The Labute approximate surface area is 116 Å². The largest absolute Gasteiger partial charge is 0.294 e. The van der Waals surface area contributed by atoms with Crippen LogP contribution in [0.25, 0.3) is 0 Å². The van der Waals surface area contributed by atoms with E-state index in [1.165, 1.54) is 6.07 Å². The number of hydrogen-bond acceptors (Lipinski definition) is 2. The topological polar surface area (TPSA) is 54.4 Å². The number of benzene rings is 1. The van der Waals surface area contributed by atoms with Crippen LogP contribution in [-0.2, 0) is 23.0 Å². The van der Waals surface area contributed by atoms with Crippen molar-refractivity contribution in [1.82, 2.24) is 0 Å². The molecule has 4 heteroatoms. The quantitative estimate of drug-likeness (QED) is 0.579. The third kappa shape index (κ3) is 4.96. The molecular formula is C15H24O3S. The van der Waals surface area contributed by atoms with Crippen LogP contribution in [0.15, 0.2) is 23.1 Å². The van der Waals surface area contributed by atoms with Crippen molar-refractivity contribution < 1.29 is 13.0 Å². The van der Waals surface area contributed by atoms with Gasteiger partial charge >= 0.3 is 0 Å². The van der Waals surface area contributed by atoms with Gasteiger partial charge in [-0.15, -0.1) is 0 Å². The first-order valence-corrected chi connectivity index (χ1v) is 8.53. The molecule has 1 N–H and O–H groups in total. The van der Waals surface area contributed by atoms with Crippen LogP contribution >= 0.6 is 0 Å². The first-order chi connectivity index (χ1) is 9.00. The molecule has 0 aliphatic heterocycles. The number of unbranched alkanes of at least 4 members (excludes halogenated alkanes) is 3. The molecule has 0 atom stereocenters. The maximum Gasteiger partial charge on any atom is 0.294 e. The summed E-state index contributed by atoms with van der Waals surface area (Å²) < 4.78 is 32.3. The van der Waals surface area contributed by atoms with Gasteiger partial charge in [0.05, 0.1) is 4.90 Å². The molecule has 0 bridgehead atoms.